The minimum atomic E-state index is -1.21. The monoisotopic (exact) mass is 304 g/mol. The number of benzene rings is 1. The standard InChI is InChI=1S/C15H16N2O5/c18-13(5-6-14(19)20)16-12-4-2-1-3-11(12)15(21)17-7-9-22-10-8-17/h1-6H,7-10H2,(H,16,18)(H,19,20). The van der Waals surface area contributed by atoms with Crippen LogP contribution in [0.2, 0.25) is 0 Å². The Morgan fingerprint density at radius 3 is 2.50 bits per heavy atom. The lowest BCUT2D eigenvalue weighted by Crippen LogP contribution is -2.41. The van der Waals surface area contributed by atoms with E-state index < -0.39 is 11.9 Å². The molecule has 7 heteroatoms. The summed E-state index contributed by atoms with van der Waals surface area (Å²) in [7, 11) is 0. The lowest BCUT2D eigenvalue weighted by Gasteiger charge is -2.27. The summed E-state index contributed by atoms with van der Waals surface area (Å²) in [5, 5.41) is 11.0. The largest absolute Gasteiger partial charge is 0.478 e. The summed E-state index contributed by atoms with van der Waals surface area (Å²) in [5.41, 5.74) is 0.709. The topological polar surface area (TPSA) is 95.9 Å². The molecule has 1 aliphatic heterocycles. The van der Waals surface area contributed by atoms with E-state index in [0.717, 1.165) is 12.2 Å². The molecule has 2 rings (SSSR count). The molecule has 7 nitrogen and oxygen atoms in total. The van der Waals surface area contributed by atoms with E-state index in [1.54, 1.807) is 29.2 Å². The number of hydrogen-bond donors (Lipinski definition) is 2. The van der Waals surface area contributed by atoms with Crippen LogP contribution in [0, 0.1) is 0 Å². The number of anilines is 1. The molecule has 116 valence electrons. The van der Waals surface area contributed by atoms with Gasteiger partial charge in [0, 0.05) is 25.2 Å². The summed E-state index contributed by atoms with van der Waals surface area (Å²) < 4.78 is 5.21. The predicted octanol–water partition coefficient (Wildman–Crippen LogP) is 0.738. The molecule has 0 radical (unpaired) electrons. The van der Waals surface area contributed by atoms with Crippen LogP contribution in [0.3, 0.4) is 0 Å². The van der Waals surface area contributed by atoms with E-state index in [2.05, 4.69) is 5.32 Å². The summed E-state index contributed by atoms with van der Waals surface area (Å²) in [4.78, 5) is 36.2. The van der Waals surface area contributed by atoms with E-state index in [-0.39, 0.29) is 5.91 Å². The third kappa shape index (κ3) is 4.16. The highest BCUT2D eigenvalue weighted by atomic mass is 16.5. The molecule has 1 aromatic rings. The van der Waals surface area contributed by atoms with Gasteiger partial charge in [-0.2, -0.15) is 0 Å². The van der Waals surface area contributed by atoms with Gasteiger partial charge in [-0.25, -0.2) is 4.79 Å². The summed E-state index contributed by atoms with van der Waals surface area (Å²) in [5.74, 6) is -2.01. The quantitative estimate of drug-likeness (QED) is 0.800. The molecule has 1 fully saturated rings. The van der Waals surface area contributed by atoms with Crippen molar-refractivity contribution in [2.24, 2.45) is 0 Å². The van der Waals surface area contributed by atoms with Crippen molar-refractivity contribution in [1.82, 2.24) is 4.90 Å². The first-order valence-electron chi connectivity index (χ1n) is 6.76. The van der Waals surface area contributed by atoms with Gasteiger partial charge in [0.1, 0.15) is 0 Å². The number of nitrogens with zero attached hydrogens (tertiary/aromatic N) is 1. The molecule has 0 aromatic heterocycles. The van der Waals surface area contributed by atoms with Crippen molar-refractivity contribution in [3.05, 3.63) is 42.0 Å². The van der Waals surface area contributed by atoms with Crippen LogP contribution in [-0.4, -0.2) is 54.1 Å². The molecule has 2 N–H and O–H groups in total. The maximum Gasteiger partial charge on any atom is 0.328 e. The molecular weight excluding hydrogens is 288 g/mol. The van der Waals surface area contributed by atoms with Gasteiger partial charge in [0.25, 0.3) is 5.91 Å². The molecule has 1 saturated heterocycles. The van der Waals surface area contributed by atoms with E-state index in [9.17, 15) is 14.4 Å². The molecule has 0 bridgehead atoms. The number of carboxylic acids is 1. The van der Waals surface area contributed by atoms with Crippen LogP contribution >= 0.6 is 0 Å². The Morgan fingerprint density at radius 1 is 1.14 bits per heavy atom. The summed E-state index contributed by atoms with van der Waals surface area (Å²) in [6.45, 7) is 1.98. The van der Waals surface area contributed by atoms with Crippen molar-refractivity contribution in [3.8, 4) is 0 Å². The second-order valence-electron chi connectivity index (χ2n) is 4.61. The molecule has 0 atom stereocenters. The van der Waals surface area contributed by atoms with E-state index in [1.807, 2.05) is 0 Å². The van der Waals surface area contributed by atoms with Crippen LogP contribution in [0.25, 0.3) is 0 Å². The van der Waals surface area contributed by atoms with Gasteiger partial charge in [-0.05, 0) is 12.1 Å². The molecule has 0 unspecified atom stereocenters. The Labute approximate surface area is 127 Å². The molecule has 1 aromatic carbocycles. The van der Waals surface area contributed by atoms with E-state index in [1.165, 1.54) is 0 Å². The van der Waals surface area contributed by atoms with Crippen molar-refractivity contribution in [2.45, 2.75) is 0 Å². The lowest BCUT2D eigenvalue weighted by atomic mass is 10.1. The number of carbonyl (C=O) groups excluding carboxylic acids is 2. The van der Waals surface area contributed by atoms with Crippen molar-refractivity contribution < 1.29 is 24.2 Å². The maximum atomic E-state index is 12.5. The van der Waals surface area contributed by atoms with Crippen molar-refractivity contribution in [2.75, 3.05) is 31.6 Å². The number of para-hydroxylation sites is 1. The molecule has 2 amide bonds. The fourth-order valence-electron chi connectivity index (χ4n) is 2.04. The second kappa shape index (κ2) is 7.37. The van der Waals surface area contributed by atoms with Gasteiger partial charge >= 0.3 is 5.97 Å². The first-order valence-corrected chi connectivity index (χ1v) is 6.76. The number of aliphatic carboxylic acids is 1. The van der Waals surface area contributed by atoms with Crippen LogP contribution in [0.15, 0.2) is 36.4 Å². The Morgan fingerprint density at radius 2 is 1.82 bits per heavy atom. The van der Waals surface area contributed by atoms with Gasteiger partial charge in [-0.1, -0.05) is 12.1 Å². The van der Waals surface area contributed by atoms with E-state index in [0.29, 0.717) is 37.6 Å². The Hall–Kier alpha value is -2.67. The highest BCUT2D eigenvalue weighted by molar-refractivity contribution is 6.07. The normalized spacial score (nSPS) is 14.8. The van der Waals surface area contributed by atoms with Crippen molar-refractivity contribution in [1.29, 1.82) is 0 Å². The predicted molar refractivity (Wildman–Crippen MR) is 78.6 cm³/mol. The van der Waals surface area contributed by atoms with Gasteiger partial charge in [0.2, 0.25) is 5.91 Å². The fourth-order valence-corrected chi connectivity index (χ4v) is 2.04. The zero-order valence-corrected chi connectivity index (χ0v) is 11.8. The van der Waals surface area contributed by atoms with Gasteiger partial charge in [0.15, 0.2) is 0 Å². The third-order valence-corrected chi connectivity index (χ3v) is 3.09. The van der Waals surface area contributed by atoms with Gasteiger partial charge in [-0.3, -0.25) is 9.59 Å². The van der Waals surface area contributed by atoms with Crippen LogP contribution in [0.4, 0.5) is 5.69 Å². The molecule has 0 aliphatic carbocycles. The Kier molecular flexibility index (Phi) is 5.26. The number of hydrogen-bond acceptors (Lipinski definition) is 4. The average Bonchev–Trinajstić information content (AvgIpc) is 2.53. The minimum absolute atomic E-state index is 0.193. The number of carbonyl (C=O) groups is 3. The zero-order valence-electron chi connectivity index (χ0n) is 11.8. The SMILES string of the molecule is O=C(O)C=CC(=O)Nc1ccccc1C(=O)N1CCOCC1. The zero-order chi connectivity index (χ0) is 15.9. The highest BCUT2D eigenvalue weighted by Gasteiger charge is 2.21. The molecule has 22 heavy (non-hydrogen) atoms. The van der Waals surface area contributed by atoms with E-state index in [4.69, 9.17) is 9.84 Å². The minimum Gasteiger partial charge on any atom is -0.478 e. The van der Waals surface area contributed by atoms with Crippen LogP contribution in [0.5, 0.6) is 0 Å². The maximum absolute atomic E-state index is 12.5. The molecule has 0 spiro atoms. The number of carboxylic acid groups (broad SMARTS) is 1. The number of morpholine rings is 1. The van der Waals surface area contributed by atoms with Gasteiger partial charge in [0.05, 0.1) is 24.5 Å². The summed E-state index contributed by atoms with van der Waals surface area (Å²) in [6.07, 6.45) is 1.64. The average molecular weight is 304 g/mol. The Bertz CT molecular complexity index is 606. The second-order valence-corrected chi connectivity index (χ2v) is 4.61. The number of amides is 2. The smallest absolute Gasteiger partial charge is 0.328 e. The van der Waals surface area contributed by atoms with Crippen LogP contribution in [-0.2, 0) is 14.3 Å². The number of nitrogens with one attached hydrogen (secondary N) is 1. The lowest BCUT2D eigenvalue weighted by molar-refractivity contribution is -0.131. The molecule has 0 saturated carbocycles. The fraction of sp³-hybridized carbons (Fsp3) is 0.267. The van der Waals surface area contributed by atoms with Gasteiger partial charge in [-0.15, -0.1) is 0 Å². The summed E-state index contributed by atoms with van der Waals surface area (Å²) >= 11 is 0. The molecule has 1 heterocycles. The van der Waals surface area contributed by atoms with Crippen molar-refractivity contribution in [3.63, 3.8) is 0 Å². The first kappa shape index (κ1) is 15.7. The molecular formula is C15H16N2O5. The number of ether oxygens (including phenoxy) is 1. The number of rotatable bonds is 4. The Balaban J connectivity index is 2.14. The van der Waals surface area contributed by atoms with Crippen molar-refractivity contribution >= 4 is 23.5 Å². The molecule has 1 aliphatic rings. The van der Waals surface area contributed by atoms with Crippen LogP contribution in [0.1, 0.15) is 10.4 Å². The van der Waals surface area contributed by atoms with Crippen LogP contribution < -0.4 is 5.32 Å². The highest BCUT2D eigenvalue weighted by Crippen LogP contribution is 2.18. The van der Waals surface area contributed by atoms with E-state index >= 15 is 0 Å². The third-order valence-electron chi connectivity index (χ3n) is 3.09. The first-order chi connectivity index (χ1) is 10.6. The summed E-state index contributed by atoms with van der Waals surface area (Å²) in [6, 6.07) is 6.61. The van der Waals surface area contributed by atoms with Gasteiger partial charge < -0.3 is 20.1 Å².